The molecular formula is C11H17NO2S. The van der Waals surface area contributed by atoms with Crippen LogP contribution in [0.15, 0.2) is 5.38 Å². The maximum Gasteiger partial charge on any atom is 0.171 e. The van der Waals surface area contributed by atoms with Gasteiger partial charge in [0.05, 0.1) is 6.42 Å². The molecule has 84 valence electrons. The van der Waals surface area contributed by atoms with Crippen LogP contribution in [0.3, 0.4) is 0 Å². The monoisotopic (exact) mass is 227 g/mol. The van der Waals surface area contributed by atoms with Crippen LogP contribution in [-0.2, 0) is 11.2 Å². The van der Waals surface area contributed by atoms with Crippen molar-refractivity contribution < 1.29 is 9.90 Å². The zero-order chi connectivity index (χ0) is 11.5. The van der Waals surface area contributed by atoms with Gasteiger partial charge in [-0.1, -0.05) is 13.8 Å². The van der Waals surface area contributed by atoms with Gasteiger partial charge in [0, 0.05) is 11.1 Å². The Morgan fingerprint density at radius 1 is 1.53 bits per heavy atom. The lowest BCUT2D eigenvalue weighted by atomic mass is 9.90. The molecule has 0 aromatic carbocycles. The van der Waals surface area contributed by atoms with Crippen LogP contribution in [0.1, 0.15) is 37.4 Å². The molecular weight excluding hydrogens is 210 g/mol. The minimum Gasteiger partial charge on any atom is -0.382 e. The number of ketones is 1. The van der Waals surface area contributed by atoms with Crippen molar-refractivity contribution in [3.63, 3.8) is 0 Å². The molecule has 1 N–H and O–H groups in total. The number of rotatable bonds is 5. The molecule has 4 heteroatoms. The minimum atomic E-state index is -1.17. The van der Waals surface area contributed by atoms with E-state index in [0.717, 1.165) is 10.7 Å². The Morgan fingerprint density at radius 2 is 2.13 bits per heavy atom. The molecule has 0 bridgehead atoms. The summed E-state index contributed by atoms with van der Waals surface area (Å²) in [6.07, 6.45) is 1.18. The first-order valence-corrected chi connectivity index (χ1v) is 6.06. The molecule has 0 radical (unpaired) electrons. The van der Waals surface area contributed by atoms with Crippen molar-refractivity contribution in [2.24, 2.45) is 0 Å². The van der Waals surface area contributed by atoms with Gasteiger partial charge in [-0.15, -0.1) is 11.3 Å². The molecule has 3 nitrogen and oxygen atoms in total. The van der Waals surface area contributed by atoms with Crippen molar-refractivity contribution in [2.45, 2.75) is 45.6 Å². The normalized spacial score (nSPS) is 11.7. The highest BCUT2D eigenvalue weighted by atomic mass is 32.1. The highest BCUT2D eigenvalue weighted by Gasteiger charge is 2.31. The molecule has 1 aromatic rings. The Bertz CT molecular complexity index is 342. The zero-order valence-electron chi connectivity index (χ0n) is 9.41. The molecule has 0 spiro atoms. The van der Waals surface area contributed by atoms with Crippen molar-refractivity contribution in [2.75, 3.05) is 0 Å². The van der Waals surface area contributed by atoms with Gasteiger partial charge in [0.2, 0.25) is 0 Å². The highest BCUT2D eigenvalue weighted by Crippen LogP contribution is 2.20. The first kappa shape index (κ1) is 12.3. The fourth-order valence-corrected chi connectivity index (χ4v) is 2.20. The lowest BCUT2D eigenvalue weighted by Crippen LogP contribution is -2.38. The molecule has 0 saturated carbocycles. The van der Waals surface area contributed by atoms with Gasteiger partial charge in [0.25, 0.3) is 0 Å². The summed E-state index contributed by atoms with van der Waals surface area (Å²) in [5, 5.41) is 12.7. The predicted octanol–water partition coefficient (Wildman–Crippen LogP) is 2.11. The number of carbonyl (C=O) groups is 1. The van der Waals surface area contributed by atoms with Crippen LogP contribution in [0.5, 0.6) is 0 Å². The molecule has 0 unspecified atom stereocenters. The second-order valence-corrected chi connectivity index (χ2v) is 4.66. The summed E-state index contributed by atoms with van der Waals surface area (Å²) in [5.41, 5.74) is -0.237. The van der Waals surface area contributed by atoms with Crippen LogP contribution in [0.25, 0.3) is 0 Å². The van der Waals surface area contributed by atoms with E-state index in [2.05, 4.69) is 4.98 Å². The number of thiazole rings is 1. The van der Waals surface area contributed by atoms with Crippen molar-refractivity contribution in [1.29, 1.82) is 0 Å². The predicted molar refractivity (Wildman–Crippen MR) is 61.1 cm³/mol. The minimum absolute atomic E-state index is 0.123. The average molecular weight is 227 g/mol. The largest absolute Gasteiger partial charge is 0.382 e. The number of aryl methyl sites for hydroxylation is 1. The Kier molecular flexibility index (Phi) is 3.99. The number of hydrogen-bond acceptors (Lipinski definition) is 4. The number of Topliss-reactive ketones (excluding diaryl/α,β-unsaturated/α-hetero) is 1. The van der Waals surface area contributed by atoms with Gasteiger partial charge in [0.15, 0.2) is 5.78 Å². The van der Waals surface area contributed by atoms with Crippen LogP contribution >= 0.6 is 11.3 Å². The van der Waals surface area contributed by atoms with E-state index in [1.54, 1.807) is 0 Å². The van der Waals surface area contributed by atoms with Crippen molar-refractivity contribution in [1.82, 2.24) is 4.98 Å². The van der Waals surface area contributed by atoms with Crippen molar-refractivity contribution >= 4 is 17.1 Å². The van der Waals surface area contributed by atoms with E-state index in [0.29, 0.717) is 12.8 Å². The third-order valence-corrected chi connectivity index (χ3v) is 3.63. The van der Waals surface area contributed by atoms with E-state index in [1.165, 1.54) is 11.3 Å². The molecule has 0 amide bonds. The summed E-state index contributed by atoms with van der Waals surface area (Å²) < 4.78 is 0. The molecule has 0 aliphatic carbocycles. The SMILES string of the molecule is CCC(O)(CC)C(=O)Cc1nc(C)cs1. The molecule has 1 aromatic heterocycles. The Labute approximate surface area is 94.2 Å². The smallest absolute Gasteiger partial charge is 0.171 e. The van der Waals surface area contributed by atoms with E-state index in [9.17, 15) is 9.90 Å². The summed E-state index contributed by atoms with van der Waals surface area (Å²) in [6, 6.07) is 0. The van der Waals surface area contributed by atoms with Gasteiger partial charge >= 0.3 is 0 Å². The average Bonchev–Trinajstić information content (AvgIpc) is 2.62. The van der Waals surface area contributed by atoms with Crippen LogP contribution in [0.2, 0.25) is 0 Å². The third-order valence-electron chi connectivity index (χ3n) is 2.67. The summed E-state index contributed by atoms with van der Waals surface area (Å²) in [6.45, 7) is 5.55. The van der Waals surface area contributed by atoms with Crippen LogP contribution in [0, 0.1) is 6.92 Å². The van der Waals surface area contributed by atoms with Crippen molar-refractivity contribution in [3.05, 3.63) is 16.1 Å². The number of aliphatic hydroxyl groups is 1. The summed E-state index contributed by atoms with van der Waals surface area (Å²) in [7, 11) is 0. The van der Waals surface area contributed by atoms with E-state index in [1.807, 2.05) is 26.2 Å². The molecule has 0 fully saturated rings. The summed E-state index contributed by atoms with van der Waals surface area (Å²) >= 11 is 1.47. The van der Waals surface area contributed by atoms with Crippen LogP contribution < -0.4 is 0 Å². The summed E-state index contributed by atoms with van der Waals surface area (Å²) in [5.74, 6) is -0.123. The van der Waals surface area contributed by atoms with Crippen LogP contribution in [-0.4, -0.2) is 21.5 Å². The first-order chi connectivity index (χ1) is 7.01. The fourth-order valence-electron chi connectivity index (χ4n) is 1.43. The van der Waals surface area contributed by atoms with Crippen LogP contribution in [0.4, 0.5) is 0 Å². The van der Waals surface area contributed by atoms with E-state index in [-0.39, 0.29) is 12.2 Å². The number of carbonyl (C=O) groups excluding carboxylic acids is 1. The maximum atomic E-state index is 11.8. The van der Waals surface area contributed by atoms with E-state index in [4.69, 9.17) is 0 Å². The molecule has 0 saturated heterocycles. The fraction of sp³-hybridized carbons (Fsp3) is 0.636. The third kappa shape index (κ3) is 2.86. The molecule has 0 aliphatic heterocycles. The van der Waals surface area contributed by atoms with E-state index >= 15 is 0 Å². The second kappa shape index (κ2) is 4.86. The molecule has 15 heavy (non-hydrogen) atoms. The van der Waals surface area contributed by atoms with Gasteiger partial charge in [-0.05, 0) is 19.8 Å². The Balaban J connectivity index is 2.70. The van der Waals surface area contributed by atoms with Gasteiger partial charge < -0.3 is 5.11 Å². The summed E-state index contributed by atoms with van der Waals surface area (Å²) in [4.78, 5) is 16.0. The Morgan fingerprint density at radius 3 is 2.53 bits per heavy atom. The van der Waals surface area contributed by atoms with Crippen molar-refractivity contribution in [3.8, 4) is 0 Å². The van der Waals surface area contributed by atoms with Gasteiger partial charge in [-0.25, -0.2) is 4.98 Å². The number of hydrogen-bond donors (Lipinski definition) is 1. The second-order valence-electron chi connectivity index (χ2n) is 3.72. The molecule has 1 rings (SSSR count). The lowest BCUT2D eigenvalue weighted by Gasteiger charge is -2.22. The molecule has 0 atom stereocenters. The molecule has 1 heterocycles. The maximum absolute atomic E-state index is 11.8. The molecule has 0 aliphatic rings. The van der Waals surface area contributed by atoms with Gasteiger partial charge in [0.1, 0.15) is 10.6 Å². The number of aromatic nitrogens is 1. The quantitative estimate of drug-likeness (QED) is 0.838. The number of nitrogens with zero attached hydrogens (tertiary/aromatic N) is 1. The van der Waals surface area contributed by atoms with E-state index < -0.39 is 5.60 Å². The topological polar surface area (TPSA) is 50.2 Å². The Hall–Kier alpha value is -0.740. The zero-order valence-corrected chi connectivity index (χ0v) is 10.2. The van der Waals surface area contributed by atoms with Gasteiger partial charge in [-0.3, -0.25) is 4.79 Å². The highest BCUT2D eigenvalue weighted by molar-refractivity contribution is 7.09. The van der Waals surface area contributed by atoms with Gasteiger partial charge in [-0.2, -0.15) is 0 Å². The first-order valence-electron chi connectivity index (χ1n) is 5.18. The lowest BCUT2D eigenvalue weighted by molar-refractivity contribution is -0.137. The standard InChI is InChI=1S/C11H17NO2S/c1-4-11(14,5-2)9(13)6-10-12-8(3)7-15-10/h7,14H,4-6H2,1-3H3.